The average Bonchev–Trinajstić information content (AvgIpc) is 2.75. The molecule has 3 heteroatoms. The fourth-order valence-corrected chi connectivity index (χ4v) is 2.92. The van der Waals surface area contributed by atoms with Crippen molar-refractivity contribution in [3.05, 3.63) is 64.1 Å². The summed E-state index contributed by atoms with van der Waals surface area (Å²) in [6.07, 6.45) is 0. The minimum Gasteiger partial charge on any atom is -0.307 e. The van der Waals surface area contributed by atoms with Crippen LogP contribution in [0.5, 0.6) is 0 Å². The minimum atomic E-state index is 0.0734. The number of halogens is 1. The Morgan fingerprint density at radius 1 is 1.21 bits per heavy atom. The van der Waals surface area contributed by atoms with Gasteiger partial charge in [-0.05, 0) is 29.8 Å². The van der Waals surface area contributed by atoms with E-state index in [9.17, 15) is 4.79 Å². The Kier molecular flexibility index (Phi) is 3.15. The summed E-state index contributed by atoms with van der Waals surface area (Å²) in [5, 5.41) is 0. The second-order valence-electron chi connectivity index (χ2n) is 4.89. The van der Waals surface area contributed by atoms with Gasteiger partial charge in [-0.2, -0.15) is 0 Å². The molecule has 1 aliphatic rings. The number of hydrogen-bond acceptors (Lipinski definition) is 1. The van der Waals surface area contributed by atoms with Gasteiger partial charge in [0, 0.05) is 28.2 Å². The van der Waals surface area contributed by atoms with Gasteiger partial charge in [0.1, 0.15) is 0 Å². The van der Waals surface area contributed by atoms with Gasteiger partial charge in [-0.3, -0.25) is 4.79 Å². The quantitative estimate of drug-likeness (QED) is 0.771. The topological polar surface area (TPSA) is 20.3 Å². The summed E-state index contributed by atoms with van der Waals surface area (Å²) in [5.41, 5.74) is 3.01. The first-order valence-electron chi connectivity index (χ1n) is 6.33. The smallest absolute Gasteiger partial charge is 0.258 e. The van der Waals surface area contributed by atoms with Crippen LogP contribution in [0.2, 0.25) is 0 Å². The summed E-state index contributed by atoms with van der Waals surface area (Å²) in [6.45, 7) is 2.91. The van der Waals surface area contributed by atoms with E-state index in [1.807, 2.05) is 47.4 Å². The molecule has 1 atom stereocenters. The number of rotatable bonds is 1. The summed E-state index contributed by atoms with van der Waals surface area (Å²) in [6, 6.07) is 15.6. The highest BCUT2D eigenvalue weighted by Gasteiger charge is 2.30. The van der Waals surface area contributed by atoms with Crippen molar-refractivity contribution in [2.75, 3.05) is 11.4 Å². The molecule has 0 bridgehead atoms. The number of fused-ring (bicyclic) bond motifs is 1. The Morgan fingerprint density at radius 2 is 1.95 bits per heavy atom. The zero-order valence-electron chi connectivity index (χ0n) is 10.6. The van der Waals surface area contributed by atoms with E-state index in [4.69, 9.17) is 0 Å². The predicted molar refractivity (Wildman–Crippen MR) is 80.7 cm³/mol. The van der Waals surface area contributed by atoms with Gasteiger partial charge >= 0.3 is 0 Å². The van der Waals surface area contributed by atoms with Gasteiger partial charge in [-0.1, -0.05) is 47.1 Å². The van der Waals surface area contributed by atoms with Crippen molar-refractivity contribution in [2.45, 2.75) is 12.8 Å². The van der Waals surface area contributed by atoms with Crippen LogP contribution in [0, 0.1) is 0 Å². The molecule has 0 aliphatic carbocycles. The van der Waals surface area contributed by atoms with Crippen LogP contribution in [0.4, 0.5) is 5.69 Å². The summed E-state index contributed by atoms with van der Waals surface area (Å²) < 4.78 is 1.01. The molecule has 2 aromatic carbocycles. The van der Waals surface area contributed by atoms with Gasteiger partial charge in [0.25, 0.3) is 5.91 Å². The third kappa shape index (κ3) is 2.19. The number of hydrogen-bond donors (Lipinski definition) is 0. The number of amides is 1. The minimum absolute atomic E-state index is 0.0734. The molecule has 2 nitrogen and oxygen atoms in total. The maximum atomic E-state index is 12.6. The molecule has 19 heavy (non-hydrogen) atoms. The van der Waals surface area contributed by atoms with Gasteiger partial charge in [-0.15, -0.1) is 0 Å². The summed E-state index contributed by atoms with van der Waals surface area (Å²) in [5.74, 6) is 0.458. The second-order valence-corrected chi connectivity index (χ2v) is 5.80. The zero-order chi connectivity index (χ0) is 13.4. The van der Waals surface area contributed by atoms with Crippen LogP contribution in [-0.4, -0.2) is 12.5 Å². The number of carbonyl (C=O) groups is 1. The van der Waals surface area contributed by atoms with Gasteiger partial charge in [0.2, 0.25) is 0 Å². The molecule has 0 radical (unpaired) electrons. The Labute approximate surface area is 121 Å². The van der Waals surface area contributed by atoms with E-state index in [2.05, 4.69) is 28.9 Å². The Bertz CT molecular complexity index is 624. The molecule has 1 heterocycles. The first kappa shape index (κ1) is 12.4. The second kappa shape index (κ2) is 4.82. The van der Waals surface area contributed by atoms with Crippen LogP contribution < -0.4 is 4.90 Å². The van der Waals surface area contributed by atoms with E-state index in [-0.39, 0.29) is 5.91 Å². The lowest BCUT2D eigenvalue weighted by Gasteiger charge is -2.17. The van der Waals surface area contributed by atoms with Crippen LogP contribution in [0.3, 0.4) is 0 Å². The average molecular weight is 316 g/mol. The molecule has 0 saturated carbocycles. The molecule has 0 aromatic heterocycles. The third-order valence-electron chi connectivity index (χ3n) is 3.54. The molecule has 0 fully saturated rings. The summed E-state index contributed by atoms with van der Waals surface area (Å²) in [4.78, 5) is 14.5. The number of anilines is 1. The molecule has 1 aliphatic heterocycles. The Hall–Kier alpha value is -1.61. The standard InChI is InChI=1S/C16H14BrNO/c1-11-10-18(15-9-13(17)7-8-14(11)15)16(19)12-5-3-2-4-6-12/h2-9,11H,10H2,1H3/t11-/m0/s1. The SMILES string of the molecule is C[C@H]1CN(C(=O)c2ccccc2)c2cc(Br)ccc21. The third-order valence-corrected chi connectivity index (χ3v) is 4.03. The normalized spacial score (nSPS) is 17.4. The molecule has 0 N–H and O–H groups in total. The molecule has 0 saturated heterocycles. The van der Waals surface area contributed by atoms with Crippen molar-refractivity contribution >= 4 is 27.5 Å². The lowest BCUT2D eigenvalue weighted by molar-refractivity contribution is 0.0988. The maximum absolute atomic E-state index is 12.6. The fraction of sp³-hybridized carbons (Fsp3) is 0.188. The van der Waals surface area contributed by atoms with Gasteiger partial charge in [-0.25, -0.2) is 0 Å². The lowest BCUT2D eigenvalue weighted by atomic mass is 10.0. The van der Waals surface area contributed by atoms with Crippen LogP contribution in [-0.2, 0) is 0 Å². The van der Waals surface area contributed by atoms with E-state index in [0.717, 1.165) is 22.3 Å². The van der Waals surface area contributed by atoms with Crippen LogP contribution in [0.15, 0.2) is 53.0 Å². The van der Waals surface area contributed by atoms with Crippen molar-refractivity contribution in [1.29, 1.82) is 0 Å². The molecule has 2 aromatic rings. The first-order valence-corrected chi connectivity index (χ1v) is 7.12. The van der Waals surface area contributed by atoms with Crippen LogP contribution in [0.25, 0.3) is 0 Å². The fourth-order valence-electron chi connectivity index (χ4n) is 2.57. The first-order chi connectivity index (χ1) is 9.16. The summed E-state index contributed by atoms with van der Waals surface area (Å²) >= 11 is 3.48. The van der Waals surface area contributed by atoms with Gasteiger partial charge in [0.15, 0.2) is 0 Å². The molecule has 0 unspecified atom stereocenters. The van der Waals surface area contributed by atoms with Crippen molar-refractivity contribution in [2.24, 2.45) is 0 Å². The largest absolute Gasteiger partial charge is 0.307 e. The molecule has 1 amide bonds. The Balaban J connectivity index is 2.01. The van der Waals surface area contributed by atoms with Gasteiger partial charge in [0.05, 0.1) is 0 Å². The van der Waals surface area contributed by atoms with Crippen molar-refractivity contribution in [1.82, 2.24) is 0 Å². The maximum Gasteiger partial charge on any atom is 0.258 e. The monoisotopic (exact) mass is 315 g/mol. The number of nitrogens with zero attached hydrogens (tertiary/aromatic N) is 1. The highest BCUT2D eigenvalue weighted by Crippen LogP contribution is 2.38. The number of benzene rings is 2. The highest BCUT2D eigenvalue weighted by atomic mass is 79.9. The van der Waals surface area contributed by atoms with E-state index >= 15 is 0 Å². The van der Waals surface area contributed by atoms with E-state index in [1.54, 1.807) is 0 Å². The van der Waals surface area contributed by atoms with Crippen molar-refractivity contribution in [3.63, 3.8) is 0 Å². The highest BCUT2D eigenvalue weighted by molar-refractivity contribution is 9.10. The van der Waals surface area contributed by atoms with Crippen LogP contribution in [0.1, 0.15) is 28.8 Å². The molecular weight excluding hydrogens is 302 g/mol. The molecule has 0 spiro atoms. The number of carbonyl (C=O) groups excluding carboxylic acids is 1. The van der Waals surface area contributed by atoms with E-state index < -0.39 is 0 Å². The van der Waals surface area contributed by atoms with Crippen LogP contribution >= 0.6 is 15.9 Å². The molecule has 3 rings (SSSR count). The molecular formula is C16H14BrNO. The van der Waals surface area contributed by atoms with E-state index in [0.29, 0.717) is 5.92 Å². The van der Waals surface area contributed by atoms with Crippen molar-refractivity contribution in [3.8, 4) is 0 Å². The lowest BCUT2D eigenvalue weighted by Crippen LogP contribution is -2.29. The molecule has 96 valence electrons. The summed E-state index contributed by atoms with van der Waals surface area (Å²) in [7, 11) is 0. The van der Waals surface area contributed by atoms with Crippen molar-refractivity contribution < 1.29 is 4.79 Å². The zero-order valence-corrected chi connectivity index (χ0v) is 12.2. The van der Waals surface area contributed by atoms with Gasteiger partial charge < -0.3 is 4.90 Å². The van der Waals surface area contributed by atoms with E-state index in [1.165, 1.54) is 5.56 Å². The predicted octanol–water partition coefficient (Wildman–Crippen LogP) is 4.21. The Morgan fingerprint density at radius 3 is 2.68 bits per heavy atom.